The molecule has 6 heteroatoms. The van der Waals surface area contributed by atoms with E-state index in [4.69, 9.17) is 0 Å². The van der Waals surface area contributed by atoms with E-state index in [9.17, 15) is 14.7 Å². The normalized spacial score (nSPS) is 10.2. The van der Waals surface area contributed by atoms with E-state index in [0.717, 1.165) is 0 Å². The maximum atomic E-state index is 11.7. The molecule has 0 atom stereocenters. The molecule has 0 aliphatic carbocycles. The molecule has 0 aliphatic rings. The highest BCUT2D eigenvalue weighted by Crippen LogP contribution is 2.11. The van der Waals surface area contributed by atoms with Crippen molar-refractivity contribution < 1.29 is 9.90 Å². The van der Waals surface area contributed by atoms with E-state index in [0.29, 0.717) is 19.5 Å². The summed E-state index contributed by atoms with van der Waals surface area (Å²) >= 11 is 0. The number of aromatic hydroxyl groups is 1. The number of carbonyl (C=O) groups excluding carboxylic acids is 1. The van der Waals surface area contributed by atoms with Crippen LogP contribution in [0.3, 0.4) is 0 Å². The average Bonchev–Trinajstić information content (AvgIpc) is 2.45. The first-order valence-corrected chi connectivity index (χ1v) is 6.26. The van der Waals surface area contributed by atoms with Crippen LogP contribution in [0.4, 0.5) is 0 Å². The molecular weight excluding hydrogens is 258 g/mol. The topological polar surface area (TPSA) is 84.2 Å². The first kappa shape index (κ1) is 13.8. The minimum atomic E-state index is -0.427. The SMILES string of the molecule is O=C(NCCCn1ccccc1=O)c1ncccc1O. The number of aromatic nitrogens is 2. The van der Waals surface area contributed by atoms with E-state index in [1.165, 1.54) is 18.3 Å². The zero-order chi connectivity index (χ0) is 14.4. The minimum absolute atomic E-state index is 0.00405. The van der Waals surface area contributed by atoms with Crippen LogP contribution in [0.2, 0.25) is 0 Å². The molecule has 0 radical (unpaired) electrons. The maximum Gasteiger partial charge on any atom is 0.273 e. The van der Waals surface area contributed by atoms with Crippen LogP contribution in [-0.2, 0) is 6.54 Å². The van der Waals surface area contributed by atoms with Crippen molar-refractivity contribution in [3.63, 3.8) is 0 Å². The summed E-state index contributed by atoms with van der Waals surface area (Å²) in [6.07, 6.45) is 3.76. The predicted molar refractivity (Wildman–Crippen MR) is 73.6 cm³/mol. The summed E-state index contributed by atoms with van der Waals surface area (Å²) in [6, 6.07) is 7.92. The lowest BCUT2D eigenvalue weighted by molar-refractivity contribution is 0.0945. The second-order valence-electron chi connectivity index (χ2n) is 4.21. The van der Waals surface area contributed by atoms with Crippen LogP contribution in [0, 0.1) is 0 Å². The summed E-state index contributed by atoms with van der Waals surface area (Å²) in [7, 11) is 0. The number of rotatable bonds is 5. The van der Waals surface area contributed by atoms with Crippen molar-refractivity contribution in [2.45, 2.75) is 13.0 Å². The Labute approximate surface area is 115 Å². The highest BCUT2D eigenvalue weighted by atomic mass is 16.3. The van der Waals surface area contributed by atoms with Crippen molar-refractivity contribution >= 4 is 5.91 Å². The smallest absolute Gasteiger partial charge is 0.273 e. The molecule has 2 heterocycles. The lowest BCUT2D eigenvalue weighted by Gasteiger charge is -2.07. The summed E-state index contributed by atoms with van der Waals surface area (Å²) in [5.41, 5.74) is -0.0643. The van der Waals surface area contributed by atoms with Gasteiger partial charge in [0.2, 0.25) is 5.56 Å². The van der Waals surface area contributed by atoms with Gasteiger partial charge < -0.3 is 15.0 Å². The Bertz CT molecular complexity index is 652. The Morgan fingerprint density at radius 3 is 2.90 bits per heavy atom. The maximum absolute atomic E-state index is 11.7. The van der Waals surface area contributed by atoms with Crippen LogP contribution in [0.1, 0.15) is 16.9 Å². The molecule has 0 bridgehead atoms. The van der Waals surface area contributed by atoms with E-state index in [1.54, 1.807) is 29.0 Å². The molecule has 0 spiro atoms. The largest absolute Gasteiger partial charge is 0.505 e. The van der Waals surface area contributed by atoms with Crippen LogP contribution in [-0.4, -0.2) is 27.1 Å². The second kappa shape index (κ2) is 6.51. The second-order valence-corrected chi connectivity index (χ2v) is 4.21. The lowest BCUT2D eigenvalue weighted by Crippen LogP contribution is -2.27. The van der Waals surface area contributed by atoms with Gasteiger partial charge in [-0.2, -0.15) is 0 Å². The van der Waals surface area contributed by atoms with Crippen LogP contribution in [0.5, 0.6) is 5.75 Å². The fourth-order valence-corrected chi connectivity index (χ4v) is 1.75. The lowest BCUT2D eigenvalue weighted by atomic mass is 10.3. The molecule has 20 heavy (non-hydrogen) atoms. The van der Waals surface area contributed by atoms with Crippen molar-refractivity contribution in [1.29, 1.82) is 0 Å². The molecule has 0 unspecified atom stereocenters. The summed E-state index contributed by atoms with van der Waals surface area (Å²) in [4.78, 5) is 27.0. The number of aryl methyl sites for hydroxylation is 1. The number of hydrogen-bond donors (Lipinski definition) is 2. The van der Waals surface area contributed by atoms with Crippen LogP contribution in [0.25, 0.3) is 0 Å². The monoisotopic (exact) mass is 273 g/mol. The molecule has 0 saturated carbocycles. The Kier molecular flexibility index (Phi) is 4.49. The van der Waals surface area contributed by atoms with Gasteiger partial charge in [0.15, 0.2) is 5.69 Å². The molecule has 0 saturated heterocycles. The molecule has 2 rings (SSSR count). The first-order chi connectivity index (χ1) is 9.68. The van der Waals surface area contributed by atoms with Crippen molar-refractivity contribution in [1.82, 2.24) is 14.9 Å². The third kappa shape index (κ3) is 3.44. The fraction of sp³-hybridized carbons (Fsp3) is 0.214. The van der Waals surface area contributed by atoms with E-state index < -0.39 is 5.91 Å². The Morgan fingerprint density at radius 1 is 1.30 bits per heavy atom. The zero-order valence-electron chi connectivity index (χ0n) is 10.8. The summed E-state index contributed by atoms with van der Waals surface area (Å²) in [6.45, 7) is 0.921. The highest BCUT2D eigenvalue weighted by Gasteiger charge is 2.10. The Hall–Kier alpha value is -2.63. The molecule has 0 fully saturated rings. The van der Waals surface area contributed by atoms with E-state index in [-0.39, 0.29) is 17.0 Å². The van der Waals surface area contributed by atoms with Gasteiger partial charge in [0.25, 0.3) is 5.91 Å². The predicted octanol–water partition coefficient (Wildman–Crippen LogP) is 0.769. The van der Waals surface area contributed by atoms with Crippen LogP contribution in [0.15, 0.2) is 47.5 Å². The van der Waals surface area contributed by atoms with Crippen molar-refractivity contribution in [3.8, 4) is 5.75 Å². The third-order valence-corrected chi connectivity index (χ3v) is 2.76. The van der Waals surface area contributed by atoms with Crippen LogP contribution < -0.4 is 10.9 Å². The van der Waals surface area contributed by atoms with Gasteiger partial charge in [-0.05, 0) is 24.6 Å². The fourth-order valence-electron chi connectivity index (χ4n) is 1.75. The Balaban J connectivity index is 1.82. The number of pyridine rings is 2. The molecule has 2 N–H and O–H groups in total. The van der Waals surface area contributed by atoms with Gasteiger partial charge in [0, 0.05) is 31.5 Å². The Morgan fingerprint density at radius 2 is 2.15 bits per heavy atom. The summed E-state index contributed by atoms with van der Waals surface area (Å²) in [5, 5.41) is 12.1. The van der Waals surface area contributed by atoms with Crippen LogP contribution >= 0.6 is 0 Å². The first-order valence-electron chi connectivity index (χ1n) is 6.26. The quantitative estimate of drug-likeness (QED) is 0.788. The van der Waals surface area contributed by atoms with Crippen molar-refractivity contribution in [3.05, 3.63) is 58.8 Å². The number of amides is 1. The standard InChI is InChI=1S/C14H15N3O3/c18-11-5-3-7-15-13(11)14(20)16-8-4-10-17-9-2-1-6-12(17)19/h1-3,5-7,9,18H,4,8,10H2,(H,16,20). The van der Waals surface area contributed by atoms with Gasteiger partial charge >= 0.3 is 0 Å². The molecule has 2 aromatic rings. The number of nitrogens with one attached hydrogen (secondary N) is 1. The number of nitrogens with zero attached hydrogens (tertiary/aromatic N) is 2. The van der Waals surface area contributed by atoms with Gasteiger partial charge in [0.1, 0.15) is 5.75 Å². The molecular formula is C14H15N3O3. The molecule has 2 aromatic heterocycles. The molecule has 0 aliphatic heterocycles. The van der Waals surface area contributed by atoms with Gasteiger partial charge in [-0.1, -0.05) is 6.07 Å². The molecule has 6 nitrogen and oxygen atoms in total. The van der Waals surface area contributed by atoms with Crippen molar-refractivity contribution in [2.75, 3.05) is 6.54 Å². The molecule has 0 aromatic carbocycles. The minimum Gasteiger partial charge on any atom is -0.505 e. The zero-order valence-corrected chi connectivity index (χ0v) is 10.8. The van der Waals surface area contributed by atoms with Gasteiger partial charge in [0.05, 0.1) is 0 Å². The third-order valence-electron chi connectivity index (χ3n) is 2.76. The highest BCUT2D eigenvalue weighted by molar-refractivity contribution is 5.94. The molecule has 104 valence electrons. The number of hydrogen-bond acceptors (Lipinski definition) is 4. The van der Waals surface area contributed by atoms with Gasteiger partial charge in [-0.3, -0.25) is 9.59 Å². The summed E-state index contributed by atoms with van der Waals surface area (Å²) < 4.78 is 1.57. The van der Waals surface area contributed by atoms with Gasteiger partial charge in [-0.15, -0.1) is 0 Å². The average molecular weight is 273 g/mol. The summed E-state index contributed by atoms with van der Waals surface area (Å²) in [5.74, 6) is -0.576. The van der Waals surface area contributed by atoms with Gasteiger partial charge in [-0.25, -0.2) is 4.98 Å². The molecule has 1 amide bonds. The van der Waals surface area contributed by atoms with E-state index in [1.807, 2.05) is 0 Å². The van der Waals surface area contributed by atoms with E-state index in [2.05, 4.69) is 10.3 Å². The van der Waals surface area contributed by atoms with Crippen molar-refractivity contribution in [2.24, 2.45) is 0 Å². The number of carbonyl (C=O) groups is 1. The van der Waals surface area contributed by atoms with E-state index >= 15 is 0 Å².